The summed E-state index contributed by atoms with van der Waals surface area (Å²) in [5.41, 5.74) is 7.43. The second-order valence-corrected chi connectivity index (χ2v) is 4.27. The lowest BCUT2D eigenvalue weighted by atomic mass is 10.1. The van der Waals surface area contributed by atoms with E-state index in [0.717, 1.165) is 11.5 Å². The van der Waals surface area contributed by atoms with E-state index in [0.29, 0.717) is 5.69 Å². The molecule has 72 valence electrons. The minimum atomic E-state index is -0.00505. The van der Waals surface area contributed by atoms with Gasteiger partial charge in [0.15, 0.2) is 0 Å². The molecule has 1 rings (SSSR count). The molecule has 0 amide bonds. The van der Waals surface area contributed by atoms with E-state index in [9.17, 15) is 0 Å². The minimum absolute atomic E-state index is 0.00505. The number of hydrogen-bond donors (Lipinski definition) is 2. The number of anilines is 2. The van der Waals surface area contributed by atoms with E-state index in [1.54, 1.807) is 0 Å². The zero-order chi connectivity index (χ0) is 10.1. The van der Waals surface area contributed by atoms with Gasteiger partial charge in [0.2, 0.25) is 0 Å². The highest BCUT2D eigenvalue weighted by molar-refractivity contribution is 5.61. The quantitative estimate of drug-likeness (QED) is 0.694. The number of pyridine rings is 1. The number of nitrogen functional groups attached to an aromatic ring is 1. The van der Waals surface area contributed by atoms with Crippen molar-refractivity contribution in [1.29, 1.82) is 0 Å². The molecule has 0 saturated heterocycles. The number of aromatic nitrogens is 1. The lowest BCUT2D eigenvalue weighted by Gasteiger charge is -2.22. The number of nitrogens with two attached hydrogens (primary N) is 1. The van der Waals surface area contributed by atoms with Crippen LogP contribution >= 0.6 is 0 Å². The molecule has 13 heavy (non-hydrogen) atoms. The molecule has 3 heteroatoms. The van der Waals surface area contributed by atoms with E-state index in [-0.39, 0.29) is 5.54 Å². The summed E-state index contributed by atoms with van der Waals surface area (Å²) in [5, 5.41) is 3.25. The van der Waals surface area contributed by atoms with Crippen molar-refractivity contribution in [1.82, 2.24) is 4.98 Å². The Bertz CT molecular complexity index is 300. The summed E-state index contributed by atoms with van der Waals surface area (Å²) >= 11 is 0. The summed E-state index contributed by atoms with van der Waals surface area (Å²) in [6, 6.07) is 3.78. The Morgan fingerprint density at radius 2 is 1.92 bits per heavy atom. The maximum atomic E-state index is 5.77. The molecule has 1 heterocycles. The van der Waals surface area contributed by atoms with Crippen molar-refractivity contribution in [2.24, 2.45) is 0 Å². The SMILES string of the molecule is Cc1ccc(N)c(NC(C)(C)C)n1. The van der Waals surface area contributed by atoms with Gasteiger partial charge in [-0.2, -0.15) is 0 Å². The molecular formula is C10H17N3. The van der Waals surface area contributed by atoms with Crippen LogP contribution in [0.5, 0.6) is 0 Å². The van der Waals surface area contributed by atoms with Crippen LogP contribution in [0.25, 0.3) is 0 Å². The molecule has 0 bridgehead atoms. The number of aryl methyl sites for hydroxylation is 1. The van der Waals surface area contributed by atoms with Gasteiger partial charge in [-0.25, -0.2) is 4.98 Å². The lowest BCUT2D eigenvalue weighted by Crippen LogP contribution is -2.27. The first kappa shape index (κ1) is 9.84. The fourth-order valence-electron chi connectivity index (χ4n) is 1.02. The summed E-state index contributed by atoms with van der Waals surface area (Å²) in [4.78, 5) is 4.32. The van der Waals surface area contributed by atoms with Crippen molar-refractivity contribution in [2.75, 3.05) is 11.1 Å². The van der Waals surface area contributed by atoms with Gasteiger partial charge in [0.25, 0.3) is 0 Å². The highest BCUT2D eigenvalue weighted by atomic mass is 15.1. The van der Waals surface area contributed by atoms with Gasteiger partial charge in [-0.15, -0.1) is 0 Å². The summed E-state index contributed by atoms with van der Waals surface area (Å²) in [7, 11) is 0. The van der Waals surface area contributed by atoms with Crippen molar-refractivity contribution in [3.8, 4) is 0 Å². The molecule has 0 saturated carbocycles. The highest BCUT2D eigenvalue weighted by Gasteiger charge is 2.11. The van der Waals surface area contributed by atoms with Gasteiger partial charge in [-0.1, -0.05) is 0 Å². The molecule has 0 fully saturated rings. The predicted molar refractivity (Wildman–Crippen MR) is 56.8 cm³/mol. The van der Waals surface area contributed by atoms with Gasteiger partial charge in [0.1, 0.15) is 5.82 Å². The van der Waals surface area contributed by atoms with E-state index in [1.165, 1.54) is 0 Å². The summed E-state index contributed by atoms with van der Waals surface area (Å²) in [5.74, 6) is 0.771. The zero-order valence-corrected chi connectivity index (χ0v) is 8.68. The van der Waals surface area contributed by atoms with Crippen LogP contribution in [0.2, 0.25) is 0 Å². The molecule has 0 aliphatic carbocycles. The Labute approximate surface area is 79.4 Å². The maximum absolute atomic E-state index is 5.77. The smallest absolute Gasteiger partial charge is 0.149 e. The fraction of sp³-hybridized carbons (Fsp3) is 0.500. The Morgan fingerprint density at radius 3 is 2.46 bits per heavy atom. The standard InChI is InChI=1S/C10H17N3/c1-7-5-6-8(11)9(12-7)13-10(2,3)4/h5-6H,11H2,1-4H3,(H,12,13). The molecule has 1 aromatic heterocycles. The maximum Gasteiger partial charge on any atom is 0.149 e. The minimum Gasteiger partial charge on any atom is -0.396 e. The topological polar surface area (TPSA) is 50.9 Å². The van der Waals surface area contributed by atoms with Crippen molar-refractivity contribution in [3.05, 3.63) is 17.8 Å². The predicted octanol–water partition coefficient (Wildman–Crippen LogP) is 2.18. The van der Waals surface area contributed by atoms with Crippen LogP contribution in [0.3, 0.4) is 0 Å². The van der Waals surface area contributed by atoms with Gasteiger partial charge >= 0.3 is 0 Å². The first-order chi connectivity index (χ1) is 5.88. The normalized spacial score (nSPS) is 11.4. The van der Waals surface area contributed by atoms with Crippen LogP contribution in [0, 0.1) is 6.92 Å². The monoisotopic (exact) mass is 179 g/mol. The number of rotatable bonds is 1. The third kappa shape index (κ3) is 2.93. The van der Waals surface area contributed by atoms with E-state index >= 15 is 0 Å². The van der Waals surface area contributed by atoms with Crippen LogP contribution in [0.15, 0.2) is 12.1 Å². The molecule has 0 radical (unpaired) electrons. The van der Waals surface area contributed by atoms with Crippen molar-refractivity contribution in [2.45, 2.75) is 33.2 Å². The molecule has 0 atom stereocenters. The van der Waals surface area contributed by atoms with Crippen molar-refractivity contribution < 1.29 is 0 Å². The number of nitrogens with zero attached hydrogens (tertiary/aromatic N) is 1. The molecule has 0 unspecified atom stereocenters. The zero-order valence-electron chi connectivity index (χ0n) is 8.68. The molecule has 1 aromatic rings. The molecular weight excluding hydrogens is 162 g/mol. The average Bonchev–Trinajstić information content (AvgIpc) is 1.94. The first-order valence-corrected chi connectivity index (χ1v) is 4.40. The lowest BCUT2D eigenvalue weighted by molar-refractivity contribution is 0.630. The average molecular weight is 179 g/mol. The van der Waals surface area contributed by atoms with E-state index in [1.807, 2.05) is 19.1 Å². The van der Waals surface area contributed by atoms with Crippen molar-refractivity contribution in [3.63, 3.8) is 0 Å². The Kier molecular flexibility index (Phi) is 2.45. The fourth-order valence-corrected chi connectivity index (χ4v) is 1.02. The summed E-state index contributed by atoms with van der Waals surface area (Å²) < 4.78 is 0. The third-order valence-corrected chi connectivity index (χ3v) is 1.56. The highest BCUT2D eigenvalue weighted by Crippen LogP contribution is 2.19. The second kappa shape index (κ2) is 3.24. The Balaban J connectivity index is 2.94. The van der Waals surface area contributed by atoms with Crippen LogP contribution in [0.1, 0.15) is 26.5 Å². The van der Waals surface area contributed by atoms with Gasteiger partial charge < -0.3 is 11.1 Å². The van der Waals surface area contributed by atoms with Crippen LogP contribution < -0.4 is 11.1 Å². The Morgan fingerprint density at radius 1 is 1.31 bits per heavy atom. The molecule has 0 aliphatic rings. The summed E-state index contributed by atoms with van der Waals surface area (Å²) in [6.07, 6.45) is 0. The van der Waals surface area contributed by atoms with Crippen LogP contribution in [0.4, 0.5) is 11.5 Å². The number of hydrogen-bond acceptors (Lipinski definition) is 3. The second-order valence-electron chi connectivity index (χ2n) is 4.27. The molecule has 0 spiro atoms. The van der Waals surface area contributed by atoms with Crippen molar-refractivity contribution >= 4 is 11.5 Å². The molecule has 3 N–H and O–H groups in total. The van der Waals surface area contributed by atoms with Crippen LogP contribution in [-0.4, -0.2) is 10.5 Å². The molecule has 0 aromatic carbocycles. The first-order valence-electron chi connectivity index (χ1n) is 4.40. The van der Waals surface area contributed by atoms with E-state index in [4.69, 9.17) is 5.73 Å². The number of nitrogens with one attached hydrogen (secondary N) is 1. The van der Waals surface area contributed by atoms with E-state index in [2.05, 4.69) is 31.1 Å². The Hall–Kier alpha value is -1.25. The van der Waals surface area contributed by atoms with Gasteiger partial charge in [0.05, 0.1) is 5.69 Å². The third-order valence-electron chi connectivity index (χ3n) is 1.56. The van der Waals surface area contributed by atoms with E-state index < -0.39 is 0 Å². The van der Waals surface area contributed by atoms with Gasteiger partial charge in [-0.05, 0) is 39.8 Å². The van der Waals surface area contributed by atoms with Gasteiger partial charge in [0, 0.05) is 11.2 Å². The van der Waals surface area contributed by atoms with Gasteiger partial charge in [-0.3, -0.25) is 0 Å². The molecule has 3 nitrogen and oxygen atoms in total. The van der Waals surface area contributed by atoms with Crippen LogP contribution in [-0.2, 0) is 0 Å². The molecule has 0 aliphatic heterocycles. The largest absolute Gasteiger partial charge is 0.396 e. The summed E-state index contributed by atoms with van der Waals surface area (Å²) in [6.45, 7) is 8.19.